The zero-order valence-corrected chi connectivity index (χ0v) is 21.3. The van der Waals surface area contributed by atoms with E-state index in [2.05, 4.69) is 0 Å². The molecule has 1 aliphatic heterocycles. The molecule has 190 valence electrons. The quantitative estimate of drug-likeness (QED) is 0.308. The average molecular weight is 495 g/mol. The third kappa shape index (κ3) is 4.30. The normalized spacial score (nSPS) is 19.6. The highest BCUT2D eigenvalue weighted by Crippen LogP contribution is 2.51. The van der Waals surface area contributed by atoms with E-state index >= 15 is 0 Å². The minimum absolute atomic E-state index is 0.565. The summed E-state index contributed by atoms with van der Waals surface area (Å²) in [5.74, 6) is -0.968. The molecule has 1 aliphatic rings. The molecule has 0 unspecified atom stereocenters. The average Bonchev–Trinajstić information content (AvgIpc) is 3.40. The van der Waals surface area contributed by atoms with Crippen LogP contribution in [-0.2, 0) is 20.7 Å². The first-order chi connectivity index (χ1) is 18.0. The first-order valence-corrected chi connectivity index (χ1v) is 13.0. The summed E-state index contributed by atoms with van der Waals surface area (Å²) in [7, 11) is 0. The number of ether oxygens (including phenoxy) is 2. The minimum Gasteiger partial charge on any atom is -0.378 e. The fraction of sp³-hybridized carbons (Fsp3) is 0.273. The molecule has 0 spiro atoms. The molecule has 0 aromatic heterocycles. The zero-order chi connectivity index (χ0) is 25.9. The Morgan fingerprint density at radius 1 is 0.514 bits per heavy atom. The summed E-state index contributed by atoms with van der Waals surface area (Å²) in [6, 6.07) is 38.1. The summed E-state index contributed by atoms with van der Waals surface area (Å²) in [5, 5.41) is 25.6. The van der Waals surface area contributed by atoms with Crippen LogP contribution in [0.25, 0.3) is 0 Å². The van der Waals surface area contributed by atoms with E-state index < -0.39 is 29.2 Å². The maximum atomic E-state index is 12.8. The largest absolute Gasteiger partial charge is 0.378 e. The molecule has 0 amide bonds. The minimum atomic E-state index is -1.60. The SMILES string of the molecule is CCC1(CC)O[C@H](C(O)(c2ccccc2)c2ccccc2)[C@@H](C(O)(c2ccccc2)c2ccccc2)O1. The van der Waals surface area contributed by atoms with Crippen molar-refractivity contribution in [3.05, 3.63) is 144 Å². The van der Waals surface area contributed by atoms with Crippen molar-refractivity contribution in [3.8, 4) is 0 Å². The van der Waals surface area contributed by atoms with Crippen molar-refractivity contribution in [1.29, 1.82) is 0 Å². The zero-order valence-electron chi connectivity index (χ0n) is 21.3. The number of rotatable bonds is 8. The van der Waals surface area contributed by atoms with E-state index in [9.17, 15) is 10.2 Å². The Kier molecular flexibility index (Phi) is 7.02. The van der Waals surface area contributed by atoms with Gasteiger partial charge in [0.1, 0.15) is 23.4 Å². The van der Waals surface area contributed by atoms with Gasteiger partial charge in [0.15, 0.2) is 5.79 Å². The molecule has 4 nitrogen and oxygen atoms in total. The van der Waals surface area contributed by atoms with E-state index in [0.29, 0.717) is 35.1 Å². The monoisotopic (exact) mass is 494 g/mol. The topological polar surface area (TPSA) is 58.9 Å². The van der Waals surface area contributed by atoms with Crippen molar-refractivity contribution in [2.24, 2.45) is 0 Å². The Morgan fingerprint density at radius 3 is 0.973 bits per heavy atom. The van der Waals surface area contributed by atoms with Gasteiger partial charge in [-0.25, -0.2) is 0 Å². The van der Waals surface area contributed by atoms with Gasteiger partial charge >= 0.3 is 0 Å². The Morgan fingerprint density at radius 2 is 0.757 bits per heavy atom. The van der Waals surface area contributed by atoms with Gasteiger partial charge in [0.2, 0.25) is 0 Å². The fourth-order valence-corrected chi connectivity index (χ4v) is 5.57. The van der Waals surface area contributed by atoms with Gasteiger partial charge in [-0.15, -0.1) is 0 Å². The Hall–Kier alpha value is -3.28. The second-order valence-corrected chi connectivity index (χ2v) is 9.69. The molecule has 0 bridgehead atoms. The molecule has 2 atom stereocenters. The summed E-state index contributed by atoms with van der Waals surface area (Å²) < 4.78 is 13.6. The Labute approximate surface area is 219 Å². The van der Waals surface area contributed by atoms with E-state index in [-0.39, 0.29) is 0 Å². The molecule has 4 heteroatoms. The molecule has 0 aliphatic carbocycles. The van der Waals surface area contributed by atoms with Crippen LogP contribution in [0.4, 0.5) is 0 Å². The second kappa shape index (κ2) is 10.2. The van der Waals surface area contributed by atoms with Crippen molar-refractivity contribution >= 4 is 0 Å². The molecule has 4 aromatic rings. The van der Waals surface area contributed by atoms with Crippen LogP contribution in [0.15, 0.2) is 121 Å². The summed E-state index contributed by atoms with van der Waals surface area (Å²) >= 11 is 0. The Balaban J connectivity index is 1.78. The molecule has 2 N–H and O–H groups in total. The van der Waals surface area contributed by atoms with Gasteiger partial charge in [-0.05, 0) is 35.1 Å². The van der Waals surface area contributed by atoms with Crippen molar-refractivity contribution in [2.45, 2.75) is 55.9 Å². The lowest BCUT2D eigenvalue weighted by atomic mass is 9.72. The molecule has 1 fully saturated rings. The van der Waals surface area contributed by atoms with Crippen molar-refractivity contribution in [2.75, 3.05) is 0 Å². The van der Waals surface area contributed by atoms with Gasteiger partial charge in [0, 0.05) is 0 Å². The van der Waals surface area contributed by atoms with Crippen LogP contribution in [0.2, 0.25) is 0 Å². The summed E-state index contributed by atoms with van der Waals surface area (Å²) in [6.07, 6.45) is -0.726. The molecule has 0 radical (unpaired) electrons. The molecule has 1 heterocycles. The predicted octanol–water partition coefficient (Wildman–Crippen LogP) is 6.16. The highest BCUT2D eigenvalue weighted by molar-refractivity contribution is 5.43. The predicted molar refractivity (Wildman–Crippen MR) is 145 cm³/mol. The number of hydrogen-bond acceptors (Lipinski definition) is 4. The van der Waals surface area contributed by atoms with E-state index in [1.54, 1.807) is 0 Å². The number of benzene rings is 4. The van der Waals surface area contributed by atoms with Crippen LogP contribution in [-0.4, -0.2) is 28.2 Å². The molecule has 0 saturated carbocycles. The number of aliphatic hydroxyl groups is 2. The highest BCUT2D eigenvalue weighted by Gasteiger charge is 2.62. The molecule has 4 aromatic carbocycles. The van der Waals surface area contributed by atoms with Gasteiger partial charge in [-0.1, -0.05) is 135 Å². The van der Waals surface area contributed by atoms with Crippen LogP contribution in [0, 0.1) is 0 Å². The van der Waals surface area contributed by atoms with Gasteiger partial charge in [-0.3, -0.25) is 0 Å². The van der Waals surface area contributed by atoms with Crippen LogP contribution >= 0.6 is 0 Å². The van der Waals surface area contributed by atoms with E-state index in [1.807, 2.05) is 135 Å². The maximum absolute atomic E-state index is 12.8. The standard InChI is InChI=1S/C33H34O4/c1-3-31(4-2)36-29(32(34,25-17-9-5-10-18-25)26-19-11-6-12-20-26)30(37-31)33(35,27-21-13-7-14-22-27)28-23-15-8-16-24-28/h5-24,29-30,34-35H,3-4H2,1-2H3/t29-,30-/m0/s1. The first-order valence-electron chi connectivity index (χ1n) is 13.0. The van der Waals surface area contributed by atoms with E-state index in [0.717, 1.165) is 0 Å². The molecule has 37 heavy (non-hydrogen) atoms. The number of hydrogen-bond donors (Lipinski definition) is 2. The van der Waals surface area contributed by atoms with Crippen molar-refractivity contribution in [3.63, 3.8) is 0 Å². The van der Waals surface area contributed by atoms with E-state index in [4.69, 9.17) is 9.47 Å². The third-order valence-electron chi connectivity index (χ3n) is 7.71. The summed E-state index contributed by atoms with van der Waals surface area (Å²) in [4.78, 5) is 0. The third-order valence-corrected chi connectivity index (χ3v) is 7.71. The lowest BCUT2D eigenvalue weighted by Gasteiger charge is -2.42. The molecule has 1 saturated heterocycles. The van der Waals surface area contributed by atoms with Crippen molar-refractivity contribution < 1.29 is 19.7 Å². The van der Waals surface area contributed by atoms with Gasteiger partial charge in [0.25, 0.3) is 0 Å². The lowest BCUT2D eigenvalue weighted by Crippen LogP contribution is -2.54. The summed E-state index contributed by atoms with van der Waals surface area (Å²) in [5.41, 5.74) is -0.511. The maximum Gasteiger partial charge on any atom is 0.169 e. The lowest BCUT2D eigenvalue weighted by molar-refractivity contribution is -0.200. The summed E-state index contributed by atoms with van der Waals surface area (Å²) in [6.45, 7) is 4.02. The molecule has 5 rings (SSSR count). The smallest absolute Gasteiger partial charge is 0.169 e. The molecular formula is C33H34O4. The van der Waals surface area contributed by atoms with E-state index in [1.165, 1.54) is 0 Å². The van der Waals surface area contributed by atoms with Gasteiger partial charge in [0.05, 0.1) is 0 Å². The van der Waals surface area contributed by atoms with Crippen molar-refractivity contribution in [1.82, 2.24) is 0 Å². The van der Waals surface area contributed by atoms with Gasteiger partial charge < -0.3 is 19.7 Å². The van der Waals surface area contributed by atoms with Crippen LogP contribution in [0.5, 0.6) is 0 Å². The van der Waals surface area contributed by atoms with Crippen LogP contribution in [0.1, 0.15) is 48.9 Å². The Bertz CT molecular complexity index is 1090. The van der Waals surface area contributed by atoms with Gasteiger partial charge in [-0.2, -0.15) is 0 Å². The highest BCUT2D eigenvalue weighted by atomic mass is 16.8. The fourth-order valence-electron chi connectivity index (χ4n) is 5.57. The molecular weight excluding hydrogens is 460 g/mol. The second-order valence-electron chi connectivity index (χ2n) is 9.69. The first kappa shape index (κ1) is 25.4. The van der Waals surface area contributed by atoms with Crippen LogP contribution < -0.4 is 0 Å². The van der Waals surface area contributed by atoms with Crippen LogP contribution in [0.3, 0.4) is 0 Å².